The number of nitrogens with zero attached hydrogens (tertiary/aromatic N) is 1. The van der Waals surface area contributed by atoms with Crippen molar-refractivity contribution in [2.45, 2.75) is 6.92 Å². The van der Waals surface area contributed by atoms with Gasteiger partial charge >= 0.3 is 0 Å². The number of phenols is 1. The summed E-state index contributed by atoms with van der Waals surface area (Å²) >= 11 is 0. The van der Waals surface area contributed by atoms with Crippen LogP contribution in [0.15, 0.2) is 29.4 Å². The molecular weight excluding hydrogens is 307 g/mol. The van der Waals surface area contributed by atoms with Crippen molar-refractivity contribution in [3.63, 3.8) is 0 Å². The van der Waals surface area contributed by atoms with Crippen LogP contribution in [0.5, 0.6) is 5.75 Å². The molecule has 2 aromatic rings. The highest BCUT2D eigenvalue weighted by molar-refractivity contribution is 5.99. The minimum absolute atomic E-state index is 0.00396. The van der Waals surface area contributed by atoms with Crippen LogP contribution in [0.3, 0.4) is 0 Å². The molecule has 0 amide bonds. The van der Waals surface area contributed by atoms with Crippen molar-refractivity contribution >= 4 is 11.4 Å². The molecule has 0 spiro atoms. The maximum atomic E-state index is 13.4. The minimum atomic E-state index is -2.24. The smallest absolute Gasteiger partial charge is 0.200 e. The van der Waals surface area contributed by atoms with Gasteiger partial charge in [0, 0.05) is 0 Å². The molecule has 22 heavy (non-hydrogen) atoms. The van der Waals surface area contributed by atoms with Gasteiger partial charge in [0.25, 0.3) is 0 Å². The first-order valence-corrected chi connectivity index (χ1v) is 5.94. The van der Waals surface area contributed by atoms with Crippen molar-refractivity contribution < 1.29 is 27.1 Å². The van der Waals surface area contributed by atoms with Gasteiger partial charge in [0.1, 0.15) is 11.4 Å². The zero-order valence-corrected chi connectivity index (χ0v) is 11.1. The number of hydrazone groups is 1. The molecule has 116 valence electrons. The highest BCUT2D eigenvalue weighted by atomic mass is 19.2. The van der Waals surface area contributed by atoms with Crippen LogP contribution in [0.2, 0.25) is 0 Å². The molecule has 0 bridgehead atoms. The van der Waals surface area contributed by atoms with Gasteiger partial charge in [-0.2, -0.15) is 5.10 Å². The Bertz CT molecular complexity index is 715. The fraction of sp³-hybridized carbons (Fsp3) is 0.0714. The number of hydrogen-bond acceptors (Lipinski definition) is 3. The van der Waals surface area contributed by atoms with E-state index in [1.165, 1.54) is 31.2 Å². The van der Waals surface area contributed by atoms with Crippen LogP contribution in [0, 0.1) is 29.1 Å². The summed E-state index contributed by atoms with van der Waals surface area (Å²) in [6, 6.07) is 5.64. The van der Waals surface area contributed by atoms with E-state index < -0.39 is 34.8 Å². The average molecular weight is 316 g/mol. The van der Waals surface area contributed by atoms with E-state index >= 15 is 0 Å². The molecule has 0 radical (unpaired) electrons. The van der Waals surface area contributed by atoms with Crippen LogP contribution in [0.25, 0.3) is 0 Å². The summed E-state index contributed by atoms with van der Waals surface area (Å²) in [5.74, 6) is -10.3. The second-order valence-corrected chi connectivity index (χ2v) is 4.30. The van der Waals surface area contributed by atoms with E-state index in [1.807, 2.05) is 5.43 Å². The Hall–Kier alpha value is -2.64. The largest absolute Gasteiger partial charge is 0.508 e. The third-order valence-electron chi connectivity index (χ3n) is 2.83. The molecule has 2 rings (SSSR count). The summed E-state index contributed by atoms with van der Waals surface area (Å²) in [5, 5.41) is 12.7. The molecule has 0 aliphatic heterocycles. The van der Waals surface area contributed by atoms with Gasteiger partial charge in [0.2, 0.25) is 5.82 Å². The third kappa shape index (κ3) is 2.85. The first kappa shape index (κ1) is 15.7. The van der Waals surface area contributed by atoms with Crippen molar-refractivity contribution in [3.05, 3.63) is 58.9 Å². The molecule has 0 saturated carbocycles. The van der Waals surface area contributed by atoms with E-state index in [4.69, 9.17) is 5.11 Å². The Labute approximate surface area is 121 Å². The summed E-state index contributed by atoms with van der Waals surface area (Å²) in [4.78, 5) is 0. The van der Waals surface area contributed by atoms with E-state index in [9.17, 15) is 22.0 Å². The highest BCUT2D eigenvalue weighted by Gasteiger charge is 2.25. The third-order valence-corrected chi connectivity index (χ3v) is 2.83. The van der Waals surface area contributed by atoms with Crippen LogP contribution in [0.4, 0.5) is 27.6 Å². The molecule has 3 nitrogen and oxygen atoms in total. The molecule has 8 heteroatoms. The predicted molar refractivity (Wildman–Crippen MR) is 70.2 cm³/mol. The van der Waals surface area contributed by atoms with Crippen molar-refractivity contribution in [3.8, 4) is 5.75 Å². The van der Waals surface area contributed by atoms with Crippen molar-refractivity contribution in [1.82, 2.24) is 0 Å². The van der Waals surface area contributed by atoms with Crippen LogP contribution in [-0.2, 0) is 0 Å². The second kappa shape index (κ2) is 6.00. The summed E-state index contributed by atoms with van der Waals surface area (Å²) in [6.45, 7) is 1.45. The Morgan fingerprint density at radius 3 is 1.82 bits per heavy atom. The van der Waals surface area contributed by atoms with E-state index in [1.54, 1.807) is 0 Å². The van der Waals surface area contributed by atoms with Gasteiger partial charge < -0.3 is 5.11 Å². The van der Waals surface area contributed by atoms with Gasteiger partial charge in [0.15, 0.2) is 23.3 Å². The van der Waals surface area contributed by atoms with Gasteiger partial charge in [-0.05, 0) is 36.8 Å². The summed E-state index contributed by atoms with van der Waals surface area (Å²) in [5.41, 5.74) is 1.28. The standard InChI is InChI=1S/C14H9F5N2O/c1-6(7-2-4-8(22)5-3-7)20-21-14-12(18)10(16)9(15)11(17)13(14)19/h2-5,21-22H,1H3/b20-6+. The molecule has 0 aromatic heterocycles. The van der Waals surface area contributed by atoms with E-state index in [-0.39, 0.29) is 11.5 Å². The summed E-state index contributed by atoms with van der Waals surface area (Å²) in [6.07, 6.45) is 0. The fourth-order valence-corrected chi connectivity index (χ4v) is 1.61. The fourth-order valence-electron chi connectivity index (χ4n) is 1.61. The molecular formula is C14H9F5N2O. The maximum Gasteiger partial charge on any atom is 0.200 e. The SMILES string of the molecule is C/C(=N\Nc1c(F)c(F)c(F)c(F)c1F)c1ccc(O)cc1. The Morgan fingerprint density at radius 2 is 1.32 bits per heavy atom. The van der Waals surface area contributed by atoms with Gasteiger partial charge in [0.05, 0.1) is 5.71 Å². The number of rotatable bonds is 3. The molecule has 0 atom stereocenters. The molecule has 0 unspecified atom stereocenters. The quantitative estimate of drug-likeness (QED) is 0.296. The molecule has 0 heterocycles. The van der Waals surface area contributed by atoms with Gasteiger partial charge in [-0.1, -0.05) is 0 Å². The molecule has 0 fully saturated rings. The van der Waals surface area contributed by atoms with E-state index in [0.29, 0.717) is 5.56 Å². The lowest BCUT2D eigenvalue weighted by atomic mass is 10.1. The van der Waals surface area contributed by atoms with Crippen molar-refractivity contribution in [1.29, 1.82) is 0 Å². The molecule has 0 saturated heterocycles. The van der Waals surface area contributed by atoms with Crippen LogP contribution in [-0.4, -0.2) is 10.8 Å². The van der Waals surface area contributed by atoms with Crippen LogP contribution < -0.4 is 5.43 Å². The van der Waals surface area contributed by atoms with Crippen LogP contribution in [0.1, 0.15) is 12.5 Å². The Balaban J connectivity index is 2.35. The molecule has 2 aromatic carbocycles. The number of aromatic hydroxyl groups is 1. The van der Waals surface area contributed by atoms with E-state index in [2.05, 4.69) is 5.10 Å². The van der Waals surface area contributed by atoms with Gasteiger partial charge in [-0.15, -0.1) is 0 Å². The molecule has 2 N–H and O–H groups in total. The predicted octanol–water partition coefficient (Wildman–Crippen LogP) is 3.92. The topological polar surface area (TPSA) is 44.6 Å². The zero-order valence-electron chi connectivity index (χ0n) is 11.1. The lowest BCUT2D eigenvalue weighted by molar-refractivity contribution is 0.381. The first-order chi connectivity index (χ1) is 10.3. The lowest BCUT2D eigenvalue weighted by Crippen LogP contribution is -2.08. The van der Waals surface area contributed by atoms with Crippen molar-refractivity contribution in [2.75, 3.05) is 5.43 Å². The average Bonchev–Trinajstić information content (AvgIpc) is 2.51. The summed E-state index contributed by atoms with van der Waals surface area (Å²) in [7, 11) is 0. The van der Waals surface area contributed by atoms with Crippen molar-refractivity contribution in [2.24, 2.45) is 5.10 Å². The Morgan fingerprint density at radius 1 is 0.864 bits per heavy atom. The number of nitrogens with one attached hydrogen (secondary N) is 1. The highest BCUT2D eigenvalue weighted by Crippen LogP contribution is 2.27. The monoisotopic (exact) mass is 316 g/mol. The molecule has 0 aliphatic carbocycles. The molecule has 0 aliphatic rings. The number of phenolic OH excluding ortho intramolecular Hbond substituents is 1. The lowest BCUT2D eigenvalue weighted by Gasteiger charge is -2.08. The normalized spacial score (nSPS) is 11.6. The number of halogens is 5. The number of benzene rings is 2. The van der Waals surface area contributed by atoms with E-state index in [0.717, 1.165) is 0 Å². The maximum absolute atomic E-state index is 13.4. The first-order valence-electron chi connectivity index (χ1n) is 5.94. The summed E-state index contributed by atoms with van der Waals surface area (Å²) < 4.78 is 65.8. The Kier molecular flexibility index (Phi) is 4.30. The zero-order chi connectivity index (χ0) is 16.4. The second-order valence-electron chi connectivity index (χ2n) is 4.30. The van der Waals surface area contributed by atoms with Gasteiger partial charge in [-0.3, -0.25) is 5.43 Å². The number of hydrogen-bond donors (Lipinski definition) is 2. The van der Waals surface area contributed by atoms with Crippen LogP contribution >= 0.6 is 0 Å². The number of anilines is 1. The minimum Gasteiger partial charge on any atom is -0.508 e. The van der Waals surface area contributed by atoms with Gasteiger partial charge in [-0.25, -0.2) is 22.0 Å².